The van der Waals surface area contributed by atoms with E-state index in [2.05, 4.69) is 10.2 Å². The first-order valence-electron chi connectivity index (χ1n) is 7.02. The van der Waals surface area contributed by atoms with Crippen molar-refractivity contribution in [3.05, 3.63) is 29.8 Å². The molecule has 0 saturated carbocycles. The summed E-state index contributed by atoms with van der Waals surface area (Å²) in [6.45, 7) is 3.93. The monoisotopic (exact) mass is 277 g/mol. The smallest absolute Gasteiger partial charge is 0.234 e. The number of benzene rings is 1. The molecule has 1 aliphatic rings. The van der Waals surface area contributed by atoms with E-state index in [1.165, 1.54) is 0 Å². The van der Waals surface area contributed by atoms with Crippen LogP contribution in [0.1, 0.15) is 24.9 Å². The minimum absolute atomic E-state index is 0.0185. The van der Waals surface area contributed by atoms with Gasteiger partial charge in [0, 0.05) is 24.7 Å². The fourth-order valence-corrected chi connectivity index (χ4v) is 2.79. The van der Waals surface area contributed by atoms with Gasteiger partial charge in [-0.2, -0.15) is 0 Å². The molecule has 1 aliphatic heterocycles. The Morgan fingerprint density at radius 3 is 2.85 bits per heavy atom. The molecule has 5 heteroatoms. The minimum Gasteiger partial charge on any atom is -0.496 e. The topological polar surface area (TPSA) is 67.6 Å². The zero-order valence-electron chi connectivity index (χ0n) is 12.1. The maximum absolute atomic E-state index is 11.8. The van der Waals surface area contributed by atoms with Gasteiger partial charge >= 0.3 is 0 Å². The second kappa shape index (κ2) is 6.72. The summed E-state index contributed by atoms with van der Waals surface area (Å²) in [5.41, 5.74) is 7.23. The molecule has 20 heavy (non-hydrogen) atoms. The van der Waals surface area contributed by atoms with Crippen molar-refractivity contribution < 1.29 is 9.53 Å². The predicted octanol–water partition coefficient (Wildman–Crippen LogP) is 0.905. The molecule has 0 bridgehead atoms. The standard InChI is InChI=1S/C15H23N3O2/c1-11(16)15(12-6-3-4-7-13(12)20-2)18-9-5-8-17-14(19)10-18/h3-4,6-7,11,15H,5,8-10,16H2,1-2H3,(H,17,19). The molecule has 1 fully saturated rings. The lowest BCUT2D eigenvalue weighted by molar-refractivity contribution is -0.122. The van der Waals surface area contributed by atoms with Crippen molar-refractivity contribution in [2.24, 2.45) is 5.73 Å². The van der Waals surface area contributed by atoms with E-state index in [0.29, 0.717) is 6.54 Å². The lowest BCUT2D eigenvalue weighted by atomic mass is 9.98. The molecular formula is C15H23N3O2. The van der Waals surface area contributed by atoms with Gasteiger partial charge in [-0.15, -0.1) is 0 Å². The van der Waals surface area contributed by atoms with Crippen LogP contribution in [0.4, 0.5) is 0 Å². The summed E-state index contributed by atoms with van der Waals surface area (Å²) in [6, 6.07) is 7.77. The maximum atomic E-state index is 11.8. The third kappa shape index (κ3) is 3.29. The molecule has 1 amide bonds. The molecule has 2 rings (SSSR count). The summed E-state index contributed by atoms with van der Waals surface area (Å²) in [6.07, 6.45) is 0.935. The van der Waals surface area contributed by atoms with Crippen LogP contribution in [0.2, 0.25) is 0 Å². The van der Waals surface area contributed by atoms with Crippen molar-refractivity contribution in [2.45, 2.75) is 25.4 Å². The number of rotatable bonds is 4. The highest BCUT2D eigenvalue weighted by Crippen LogP contribution is 2.31. The number of nitrogens with one attached hydrogen (secondary N) is 1. The Bertz CT molecular complexity index is 462. The largest absolute Gasteiger partial charge is 0.496 e. The lowest BCUT2D eigenvalue weighted by Gasteiger charge is -2.33. The molecule has 1 aromatic carbocycles. The van der Waals surface area contributed by atoms with Gasteiger partial charge in [0.15, 0.2) is 0 Å². The number of amides is 1. The average molecular weight is 277 g/mol. The Morgan fingerprint density at radius 2 is 2.15 bits per heavy atom. The molecule has 0 aromatic heterocycles. The molecule has 2 atom stereocenters. The highest BCUT2D eigenvalue weighted by atomic mass is 16.5. The van der Waals surface area contributed by atoms with E-state index < -0.39 is 0 Å². The van der Waals surface area contributed by atoms with Crippen LogP contribution in [0, 0.1) is 0 Å². The maximum Gasteiger partial charge on any atom is 0.234 e. The van der Waals surface area contributed by atoms with Crippen LogP contribution in [0.5, 0.6) is 5.75 Å². The van der Waals surface area contributed by atoms with Crippen LogP contribution in [-0.4, -0.2) is 43.6 Å². The molecule has 0 aliphatic carbocycles. The number of para-hydroxylation sites is 1. The zero-order chi connectivity index (χ0) is 14.5. The lowest BCUT2D eigenvalue weighted by Crippen LogP contribution is -2.43. The Labute approximate surface area is 120 Å². The van der Waals surface area contributed by atoms with E-state index in [4.69, 9.17) is 10.5 Å². The van der Waals surface area contributed by atoms with Crippen LogP contribution in [-0.2, 0) is 4.79 Å². The molecule has 1 heterocycles. The Kier molecular flexibility index (Phi) is 4.98. The number of nitrogens with two attached hydrogens (primary N) is 1. The highest BCUT2D eigenvalue weighted by Gasteiger charge is 2.29. The average Bonchev–Trinajstić information content (AvgIpc) is 2.64. The number of nitrogens with zero attached hydrogens (tertiary/aromatic N) is 1. The first-order chi connectivity index (χ1) is 9.63. The molecule has 110 valence electrons. The van der Waals surface area contributed by atoms with Crippen molar-refractivity contribution in [1.82, 2.24) is 10.2 Å². The molecule has 1 saturated heterocycles. The van der Waals surface area contributed by atoms with Crippen molar-refractivity contribution in [3.8, 4) is 5.75 Å². The Hall–Kier alpha value is -1.59. The summed E-state index contributed by atoms with van der Waals surface area (Å²) >= 11 is 0. The summed E-state index contributed by atoms with van der Waals surface area (Å²) in [5.74, 6) is 0.877. The Balaban J connectivity index is 2.32. The molecule has 2 unspecified atom stereocenters. The van der Waals surface area contributed by atoms with Gasteiger partial charge in [-0.1, -0.05) is 18.2 Å². The zero-order valence-corrected chi connectivity index (χ0v) is 12.1. The van der Waals surface area contributed by atoms with Crippen LogP contribution in [0.15, 0.2) is 24.3 Å². The SMILES string of the molecule is COc1ccccc1C(C(C)N)N1CCCNC(=O)C1. The minimum atomic E-state index is -0.0859. The van der Waals surface area contributed by atoms with Crippen molar-refractivity contribution in [1.29, 1.82) is 0 Å². The van der Waals surface area contributed by atoms with Crippen molar-refractivity contribution >= 4 is 5.91 Å². The summed E-state index contributed by atoms with van der Waals surface area (Å²) in [5, 5.41) is 2.90. The van der Waals surface area contributed by atoms with Gasteiger partial charge in [-0.25, -0.2) is 0 Å². The van der Waals surface area contributed by atoms with Crippen LogP contribution in [0.25, 0.3) is 0 Å². The van der Waals surface area contributed by atoms with Gasteiger partial charge in [-0.05, 0) is 19.4 Å². The van der Waals surface area contributed by atoms with E-state index in [9.17, 15) is 4.79 Å². The van der Waals surface area contributed by atoms with Gasteiger partial charge in [0.1, 0.15) is 5.75 Å². The number of carbonyl (C=O) groups is 1. The number of hydrogen-bond donors (Lipinski definition) is 2. The third-order valence-electron chi connectivity index (χ3n) is 3.64. The number of carbonyl (C=O) groups excluding carboxylic acids is 1. The predicted molar refractivity (Wildman–Crippen MR) is 78.6 cm³/mol. The number of hydrogen-bond acceptors (Lipinski definition) is 4. The van der Waals surface area contributed by atoms with E-state index in [1.807, 2.05) is 31.2 Å². The summed E-state index contributed by atoms with van der Waals surface area (Å²) in [4.78, 5) is 13.9. The first kappa shape index (κ1) is 14.8. The van der Waals surface area contributed by atoms with Crippen LogP contribution >= 0.6 is 0 Å². The molecular weight excluding hydrogens is 254 g/mol. The fraction of sp³-hybridized carbons (Fsp3) is 0.533. The van der Waals surface area contributed by atoms with Crippen molar-refractivity contribution in [2.75, 3.05) is 26.7 Å². The van der Waals surface area contributed by atoms with Crippen molar-refractivity contribution in [3.63, 3.8) is 0 Å². The molecule has 5 nitrogen and oxygen atoms in total. The second-order valence-electron chi connectivity index (χ2n) is 5.22. The third-order valence-corrected chi connectivity index (χ3v) is 3.64. The van der Waals surface area contributed by atoms with E-state index in [0.717, 1.165) is 30.8 Å². The summed E-state index contributed by atoms with van der Waals surface area (Å²) < 4.78 is 5.44. The number of ether oxygens (including phenoxy) is 1. The normalized spacial score (nSPS) is 19.9. The van der Waals surface area contributed by atoms with Gasteiger partial charge in [-0.3, -0.25) is 9.69 Å². The van der Waals surface area contributed by atoms with Crippen LogP contribution < -0.4 is 15.8 Å². The molecule has 0 spiro atoms. The van der Waals surface area contributed by atoms with E-state index in [-0.39, 0.29) is 18.0 Å². The quantitative estimate of drug-likeness (QED) is 0.858. The van der Waals surface area contributed by atoms with E-state index in [1.54, 1.807) is 7.11 Å². The van der Waals surface area contributed by atoms with Gasteiger partial charge in [0.05, 0.1) is 19.7 Å². The fourth-order valence-electron chi connectivity index (χ4n) is 2.79. The Morgan fingerprint density at radius 1 is 1.40 bits per heavy atom. The molecule has 0 radical (unpaired) electrons. The number of methoxy groups -OCH3 is 1. The van der Waals surface area contributed by atoms with Gasteiger partial charge in [0.25, 0.3) is 0 Å². The van der Waals surface area contributed by atoms with Gasteiger partial charge in [0.2, 0.25) is 5.91 Å². The highest BCUT2D eigenvalue weighted by molar-refractivity contribution is 5.78. The molecule has 1 aromatic rings. The van der Waals surface area contributed by atoms with Crippen LogP contribution in [0.3, 0.4) is 0 Å². The van der Waals surface area contributed by atoms with E-state index >= 15 is 0 Å². The van der Waals surface area contributed by atoms with Gasteiger partial charge < -0.3 is 15.8 Å². The first-order valence-corrected chi connectivity index (χ1v) is 7.02. The summed E-state index contributed by atoms with van der Waals surface area (Å²) in [7, 11) is 1.66. The second-order valence-corrected chi connectivity index (χ2v) is 5.22. The molecule has 3 N–H and O–H groups in total.